The van der Waals surface area contributed by atoms with E-state index < -0.39 is 11.0 Å². The van der Waals surface area contributed by atoms with E-state index in [1.165, 1.54) is 24.0 Å². The zero-order chi connectivity index (χ0) is 19.0. The zero-order valence-corrected chi connectivity index (χ0v) is 17.4. The van der Waals surface area contributed by atoms with Crippen LogP contribution in [0.25, 0.3) is 0 Å². The first-order valence-electron chi connectivity index (χ1n) is 9.98. The lowest BCUT2D eigenvalue weighted by molar-refractivity contribution is -0.0335. The molecule has 142 valence electrons. The van der Waals surface area contributed by atoms with Crippen molar-refractivity contribution in [1.29, 1.82) is 0 Å². The number of ether oxygens (including phenoxy) is 1. The molecule has 0 saturated carbocycles. The molecule has 0 spiro atoms. The Kier molecular flexibility index (Phi) is 8.18. The molecule has 1 nitrogen and oxygen atoms in total. The first-order chi connectivity index (χ1) is 12.6. The van der Waals surface area contributed by atoms with Crippen molar-refractivity contribution in [1.82, 2.24) is 0 Å². The van der Waals surface area contributed by atoms with Crippen LogP contribution in [0.2, 0.25) is 0 Å². The molecule has 0 aromatic heterocycles. The van der Waals surface area contributed by atoms with E-state index in [2.05, 4.69) is 76.2 Å². The fourth-order valence-corrected chi connectivity index (χ4v) is 4.24. The highest BCUT2D eigenvalue weighted by Gasteiger charge is 2.39. The Bertz CT molecular complexity index is 586. The first-order valence-corrected chi connectivity index (χ1v) is 10.4. The minimum absolute atomic E-state index is 0.189. The van der Waals surface area contributed by atoms with E-state index in [0.29, 0.717) is 5.92 Å². The molecule has 0 saturated heterocycles. The third-order valence-corrected chi connectivity index (χ3v) is 6.15. The van der Waals surface area contributed by atoms with Crippen LogP contribution in [-0.4, -0.2) is 11.7 Å². The van der Waals surface area contributed by atoms with Gasteiger partial charge in [-0.25, -0.2) is 0 Å². The van der Waals surface area contributed by atoms with Gasteiger partial charge in [0.1, 0.15) is 5.56 Å². The van der Waals surface area contributed by atoms with Crippen molar-refractivity contribution in [3.8, 4) is 0 Å². The molecule has 2 rings (SSSR count). The van der Waals surface area contributed by atoms with Crippen molar-refractivity contribution in [2.75, 3.05) is 0 Å². The van der Waals surface area contributed by atoms with Gasteiger partial charge in [-0.1, -0.05) is 106 Å². The molecule has 0 aliphatic rings. The van der Waals surface area contributed by atoms with Gasteiger partial charge in [0, 0.05) is 0 Å². The predicted molar refractivity (Wildman–Crippen MR) is 113 cm³/mol. The molecule has 0 bridgehead atoms. The number of rotatable bonds is 10. The second-order valence-corrected chi connectivity index (χ2v) is 7.69. The Morgan fingerprint density at radius 1 is 0.846 bits per heavy atom. The molecule has 26 heavy (non-hydrogen) atoms. The Morgan fingerprint density at radius 3 is 1.73 bits per heavy atom. The van der Waals surface area contributed by atoms with E-state index in [1.54, 1.807) is 0 Å². The predicted octanol–water partition coefficient (Wildman–Crippen LogP) is 7.18. The molecule has 2 heteroatoms. The van der Waals surface area contributed by atoms with Gasteiger partial charge in [0.15, 0.2) is 0 Å². The summed E-state index contributed by atoms with van der Waals surface area (Å²) in [5.41, 5.74) is 1.54. The summed E-state index contributed by atoms with van der Waals surface area (Å²) < 4.78 is 6.54. The Hall–Kier alpha value is -1.31. The van der Waals surface area contributed by atoms with E-state index in [1.807, 2.05) is 12.1 Å². The first kappa shape index (κ1) is 21.0. The molecule has 0 N–H and O–H groups in total. The van der Waals surface area contributed by atoms with Crippen LogP contribution in [-0.2, 0) is 10.2 Å². The average molecular weight is 373 g/mol. The summed E-state index contributed by atoms with van der Waals surface area (Å²) in [6, 6.07) is 21.0. The molecule has 0 aliphatic heterocycles. The molecule has 0 amide bonds. The molecule has 3 unspecified atom stereocenters. The maximum absolute atomic E-state index is 7.01. The van der Waals surface area contributed by atoms with E-state index >= 15 is 0 Å². The summed E-state index contributed by atoms with van der Waals surface area (Å²) >= 11 is 7.01. The van der Waals surface area contributed by atoms with Gasteiger partial charge in [0.25, 0.3) is 0 Å². The van der Waals surface area contributed by atoms with Crippen molar-refractivity contribution in [3.05, 3.63) is 71.8 Å². The highest BCUT2D eigenvalue weighted by atomic mass is 35.5. The SMILES string of the molecule is CCCC(CC)C(CC)OC(Cl)C(C)(c1ccccc1)c1ccccc1. The highest BCUT2D eigenvalue weighted by molar-refractivity contribution is 6.20. The molecular weight excluding hydrogens is 340 g/mol. The van der Waals surface area contributed by atoms with Gasteiger partial charge in [-0.15, -0.1) is 0 Å². The highest BCUT2D eigenvalue weighted by Crippen LogP contribution is 2.40. The van der Waals surface area contributed by atoms with Crippen LogP contribution in [0.1, 0.15) is 64.5 Å². The van der Waals surface area contributed by atoms with Gasteiger partial charge in [-0.05, 0) is 36.8 Å². The second-order valence-electron chi connectivity index (χ2n) is 7.29. The standard InChI is InChI=1S/C24H33ClO/c1-5-14-19(6-2)22(7-3)26-23(25)24(4,20-15-10-8-11-16-20)21-17-12-9-13-18-21/h8-13,15-19,22-23H,5-7,14H2,1-4H3. The smallest absolute Gasteiger partial charge is 0.144 e. The quantitative estimate of drug-likeness (QED) is 0.401. The minimum Gasteiger partial charge on any atom is -0.358 e. The number of alkyl halides is 1. The van der Waals surface area contributed by atoms with Gasteiger partial charge < -0.3 is 4.74 Å². The maximum Gasteiger partial charge on any atom is 0.144 e. The van der Waals surface area contributed by atoms with Crippen molar-refractivity contribution in [2.45, 2.75) is 70.5 Å². The molecule has 0 aliphatic carbocycles. The summed E-state index contributed by atoms with van der Waals surface area (Å²) in [7, 11) is 0. The molecule has 0 radical (unpaired) electrons. The zero-order valence-electron chi connectivity index (χ0n) is 16.6. The van der Waals surface area contributed by atoms with Crippen LogP contribution in [0.5, 0.6) is 0 Å². The largest absolute Gasteiger partial charge is 0.358 e. The van der Waals surface area contributed by atoms with Crippen LogP contribution in [0.4, 0.5) is 0 Å². The van der Waals surface area contributed by atoms with Crippen molar-refractivity contribution in [2.24, 2.45) is 5.92 Å². The number of halogens is 1. The average Bonchev–Trinajstić information content (AvgIpc) is 2.71. The molecule has 2 aromatic carbocycles. The summed E-state index contributed by atoms with van der Waals surface area (Å²) in [4.78, 5) is 0. The molecule has 0 fully saturated rings. The number of benzene rings is 2. The molecule has 2 aromatic rings. The lowest BCUT2D eigenvalue weighted by atomic mass is 9.76. The Morgan fingerprint density at radius 2 is 1.35 bits per heavy atom. The molecule has 0 heterocycles. The van der Waals surface area contributed by atoms with Gasteiger partial charge in [-0.3, -0.25) is 0 Å². The normalized spacial score (nSPS) is 15.4. The van der Waals surface area contributed by atoms with Crippen molar-refractivity contribution in [3.63, 3.8) is 0 Å². The van der Waals surface area contributed by atoms with Gasteiger partial charge in [0.2, 0.25) is 0 Å². The Balaban J connectivity index is 2.36. The number of hydrogen-bond donors (Lipinski definition) is 0. The van der Waals surface area contributed by atoms with Crippen molar-refractivity contribution >= 4 is 11.6 Å². The van der Waals surface area contributed by atoms with E-state index in [9.17, 15) is 0 Å². The fourth-order valence-electron chi connectivity index (χ4n) is 3.85. The summed E-state index contributed by atoms with van der Waals surface area (Å²) in [6.45, 7) is 8.90. The van der Waals surface area contributed by atoms with E-state index in [-0.39, 0.29) is 6.10 Å². The van der Waals surface area contributed by atoms with Crippen LogP contribution >= 0.6 is 11.6 Å². The third-order valence-electron chi connectivity index (χ3n) is 5.61. The van der Waals surface area contributed by atoms with Crippen LogP contribution in [0.3, 0.4) is 0 Å². The van der Waals surface area contributed by atoms with Crippen molar-refractivity contribution < 1.29 is 4.74 Å². The maximum atomic E-state index is 7.01. The molecular formula is C24H33ClO. The van der Waals surface area contributed by atoms with Crippen LogP contribution in [0, 0.1) is 5.92 Å². The second kappa shape index (κ2) is 10.1. The van der Waals surface area contributed by atoms with E-state index in [0.717, 1.165) is 12.8 Å². The summed E-state index contributed by atoms with van der Waals surface area (Å²) in [5, 5.41) is 0. The van der Waals surface area contributed by atoms with E-state index in [4.69, 9.17) is 16.3 Å². The minimum atomic E-state index is -0.428. The van der Waals surface area contributed by atoms with Gasteiger partial charge >= 0.3 is 0 Å². The topological polar surface area (TPSA) is 9.23 Å². The summed E-state index contributed by atoms with van der Waals surface area (Å²) in [5.74, 6) is 0.557. The van der Waals surface area contributed by atoms with Crippen LogP contribution in [0.15, 0.2) is 60.7 Å². The van der Waals surface area contributed by atoms with Crippen LogP contribution < -0.4 is 0 Å². The lowest BCUT2D eigenvalue weighted by Gasteiger charge is -2.38. The van der Waals surface area contributed by atoms with Gasteiger partial charge in [0.05, 0.1) is 11.5 Å². The van der Waals surface area contributed by atoms with Gasteiger partial charge in [-0.2, -0.15) is 0 Å². The summed E-state index contributed by atoms with van der Waals surface area (Å²) in [6.07, 6.45) is 4.67. The Labute approximate surface area is 164 Å². The molecule has 3 atom stereocenters. The number of hydrogen-bond acceptors (Lipinski definition) is 1. The third kappa shape index (κ3) is 4.69. The fraction of sp³-hybridized carbons (Fsp3) is 0.500. The monoisotopic (exact) mass is 372 g/mol. The lowest BCUT2D eigenvalue weighted by Crippen LogP contribution is -2.40.